The molecule has 0 atom stereocenters. The van der Waals surface area contributed by atoms with Gasteiger partial charge in [-0.1, -0.05) is 28.6 Å². The molecule has 3 aromatic rings. The number of anilines is 1. The molecular formula is C17H19FN6OS. The number of hydrogen-bond donors (Lipinski definition) is 0. The Labute approximate surface area is 154 Å². The topological polar surface area (TPSA) is 71.2 Å². The van der Waals surface area contributed by atoms with Crippen LogP contribution in [0.3, 0.4) is 0 Å². The molecule has 0 saturated carbocycles. The van der Waals surface area contributed by atoms with E-state index in [1.807, 2.05) is 0 Å². The third kappa shape index (κ3) is 4.05. The second kappa shape index (κ2) is 7.46. The first kappa shape index (κ1) is 17.0. The van der Waals surface area contributed by atoms with Gasteiger partial charge in [-0.25, -0.2) is 4.39 Å². The van der Waals surface area contributed by atoms with Crippen LogP contribution in [0.5, 0.6) is 0 Å². The number of piperazine rings is 1. The van der Waals surface area contributed by atoms with E-state index in [2.05, 4.69) is 30.1 Å². The predicted molar refractivity (Wildman–Crippen MR) is 95.6 cm³/mol. The van der Waals surface area contributed by atoms with Gasteiger partial charge in [0, 0.05) is 39.5 Å². The summed E-state index contributed by atoms with van der Waals surface area (Å²) >= 11 is 1.60. The van der Waals surface area contributed by atoms with E-state index in [0.717, 1.165) is 47.7 Å². The Hall–Kier alpha value is -2.39. The van der Waals surface area contributed by atoms with E-state index in [9.17, 15) is 4.39 Å². The van der Waals surface area contributed by atoms with E-state index in [-0.39, 0.29) is 5.82 Å². The Kier molecular flexibility index (Phi) is 4.89. The number of hydrogen-bond acceptors (Lipinski definition) is 8. The van der Waals surface area contributed by atoms with Crippen molar-refractivity contribution in [2.45, 2.75) is 19.9 Å². The SMILES string of the molecule is Cc1nc(CN2CCN(c3nnc(Cc4ccc(F)cc4)s3)CC2)no1. The molecule has 7 nitrogen and oxygen atoms in total. The van der Waals surface area contributed by atoms with E-state index in [0.29, 0.717) is 18.9 Å². The van der Waals surface area contributed by atoms with Crippen LogP contribution in [0, 0.1) is 12.7 Å². The second-order valence-electron chi connectivity index (χ2n) is 6.27. The van der Waals surface area contributed by atoms with E-state index in [4.69, 9.17) is 4.52 Å². The van der Waals surface area contributed by atoms with Crippen LogP contribution in [0.1, 0.15) is 22.3 Å². The average Bonchev–Trinajstić information content (AvgIpc) is 3.27. The van der Waals surface area contributed by atoms with Crippen molar-refractivity contribution in [3.8, 4) is 0 Å². The molecule has 2 aromatic heterocycles. The van der Waals surface area contributed by atoms with Crippen molar-refractivity contribution in [3.05, 3.63) is 52.4 Å². The van der Waals surface area contributed by atoms with Crippen molar-refractivity contribution in [3.63, 3.8) is 0 Å². The Balaban J connectivity index is 1.32. The lowest BCUT2D eigenvalue weighted by atomic mass is 10.2. The second-order valence-corrected chi connectivity index (χ2v) is 7.31. The molecule has 1 saturated heterocycles. The van der Waals surface area contributed by atoms with Gasteiger partial charge >= 0.3 is 0 Å². The maximum atomic E-state index is 13.0. The summed E-state index contributed by atoms with van der Waals surface area (Å²) in [5.74, 6) is 1.11. The maximum absolute atomic E-state index is 13.0. The standard InChI is InChI=1S/C17H19FN6OS/c1-12-19-15(22-25-12)11-23-6-8-24(9-7-23)17-21-20-16(26-17)10-13-2-4-14(18)5-3-13/h2-5H,6-11H2,1H3. The number of aryl methyl sites for hydroxylation is 1. The number of benzene rings is 1. The first-order valence-corrected chi connectivity index (χ1v) is 9.31. The van der Waals surface area contributed by atoms with Gasteiger partial charge in [0.05, 0.1) is 6.54 Å². The van der Waals surface area contributed by atoms with E-state index < -0.39 is 0 Å². The Bertz CT molecular complexity index is 856. The monoisotopic (exact) mass is 374 g/mol. The third-order valence-corrected chi connectivity index (χ3v) is 5.29. The van der Waals surface area contributed by atoms with Gasteiger partial charge in [-0.15, -0.1) is 10.2 Å². The summed E-state index contributed by atoms with van der Waals surface area (Å²) < 4.78 is 18.0. The number of aromatic nitrogens is 4. The van der Waals surface area contributed by atoms with E-state index in [1.54, 1.807) is 30.4 Å². The molecule has 0 bridgehead atoms. The fraction of sp³-hybridized carbons (Fsp3) is 0.412. The number of halogens is 1. The smallest absolute Gasteiger partial charge is 0.223 e. The molecule has 0 radical (unpaired) electrons. The molecule has 9 heteroatoms. The largest absolute Gasteiger partial charge is 0.344 e. The summed E-state index contributed by atoms with van der Waals surface area (Å²) in [4.78, 5) is 8.81. The van der Waals surface area contributed by atoms with Crippen LogP contribution < -0.4 is 4.90 Å². The molecule has 0 N–H and O–H groups in total. The Morgan fingerprint density at radius 2 is 1.88 bits per heavy atom. The molecule has 0 aliphatic carbocycles. The number of nitrogens with zero attached hydrogens (tertiary/aromatic N) is 6. The van der Waals surface area contributed by atoms with Crippen LogP contribution in [-0.2, 0) is 13.0 Å². The minimum atomic E-state index is -0.222. The summed E-state index contributed by atoms with van der Waals surface area (Å²) in [7, 11) is 0. The van der Waals surface area contributed by atoms with Crippen molar-refractivity contribution in [1.82, 2.24) is 25.2 Å². The van der Waals surface area contributed by atoms with Crippen LogP contribution in [0.2, 0.25) is 0 Å². The van der Waals surface area contributed by atoms with Gasteiger partial charge < -0.3 is 9.42 Å². The molecule has 0 amide bonds. The zero-order valence-corrected chi connectivity index (χ0v) is 15.2. The predicted octanol–water partition coefficient (Wildman–Crippen LogP) is 2.28. The molecule has 0 spiro atoms. The molecule has 1 aromatic carbocycles. The first-order chi connectivity index (χ1) is 12.7. The quantitative estimate of drug-likeness (QED) is 0.678. The third-order valence-electron chi connectivity index (χ3n) is 4.30. The molecule has 3 heterocycles. The molecule has 0 unspecified atom stereocenters. The summed E-state index contributed by atoms with van der Waals surface area (Å²) in [5, 5.41) is 14.4. The highest BCUT2D eigenvalue weighted by Gasteiger charge is 2.21. The molecule has 1 fully saturated rings. The van der Waals surface area contributed by atoms with E-state index >= 15 is 0 Å². The summed E-state index contributed by atoms with van der Waals surface area (Å²) in [6, 6.07) is 6.52. The first-order valence-electron chi connectivity index (χ1n) is 8.49. The van der Waals surface area contributed by atoms with Crippen LogP contribution >= 0.6 is 11.3 Å². The van der Waals surface area contributed by atoms with Crippen molar-refractivity contribution >= 4 is 16.5 Å². The van der Waals surface area contributed by atoms with Gasteiger partial charge in [0.1, 0.15) is 10.8 Å². The van der Waals surface area contributed by atoms with Crippen LogP contribution in [0.25, 0.3) is 0 Å². The summed E-state index contributed by atoms with van der Waals surface area (Å²) in [5.41, 5.74) is 1.04. The molecule has 1 aliphatic rings. The lowest BCUT2D eigenvalue weighted by molar-refractivity contribution is 0.240. The molecule has 26 heavy (non-hydrogen) atoms. The lowest BCUT2D eigenvalue weighted by Crippen LogP contribution is -2.46. The molecule has 1 aliphatic heterocycles. The van der Waals surface area contributed by atoms with Crippen molar-refractivity contribution < 1.29 is 8.91 Å². The Morgan fingerprint density at radius 3 is 2.58 bits per heavy atom. The Morgan fingerprint density at radius 1 is 1.12 bits per heavy atom. The minimum Gasteiger partial charge on any atom is -0.344 e. The highest BCUT2D eigenvalue weighted by atomic mass is 32.1. The highest BCUT2D eigenvalue weighted by molar-refractivity contribution is 7.15. The van der Waals surface area contributed by atoms with Gasteiger partial charge in [-0.05, 0) is 17.7 Å². The van der Waals surface area contributed by atoms with Crippen molar-refractivity contribution in [1.29, 1.82) is 0 Å². The summed E-state index contributed by atoms with van der Waals surface area (Å²) in [6.45, 7) is 6.12. The van der Waals surface area contributed by atoms with Crippen LogP contribution in [0.15, 0.2) is 28.8 Å². The van der Waals surface area contributed by atoms with E-state index in [1.165, 1.54) is 12.1 Å². The maximum Gasteiger partial charge on any atom is 0.223 e. The fourth-order valence-corrected chi connectivity index (χ4v) is 3.85. The normalized spacial score (nSPS) is 15.5. The average molecular weight is 374 g/mol. The van der Waals surface area contributed by atoms with Gasteiger partial charge in [0.2, 0.25) is 11.0 Å². The van der Waals surface area contributed by atoms with Crippen molar-refractivity contribution in [2.75, 3.05) is 31.1 Å². The fourth-order valence-electron chi connectivity index (χ4n) is 2.92. The van der Waals surface area contributed by atoms with Crippen LogP contribution in [-0.4, -0.2) is 51.4 Å². The van der Waals surface area contributed by atoms with Crippen LogP contribution in [0.4, 0.5) is 9.52 Å². The minimum absolute atomic E-state index is 0.222. The van der Waals surface area contributed by atoms with Gasteiger partial charge in [-0.3, -0.25) is 4.90 Å². The lowest BCUT2D eigenvalue weighted by Gasteiger charge is -2.33. The van der Waals surface area contributed by atoms with Gasteiger partial charge in [0.25, 0.3) is 0 Å². The molecular weight excluding hydrogens is 355 g/mol. The highest BCUT2D eigenvalue weighted by Crippen LogP contribution is 2.23. The van der Waals surface area contributed by atoms with Gasteiger partial charge in [-0.2, -0.15) is 4.98 Å². The van der Waals surface area contributed by atoms with Gasteiger partial charge in [0.15, 0.2) is 5.82 Å². The van der Waals surface area contributed by atoms with Crippen molar-refractivity contribution in [2.24, 2.45) is 0 Å². The molecule has 136 valence electrons. The number of rotatable bonds is 5. The zero-order chi connectivity index (χ0) is 17.9. The zero-order valence-electron chi connectivity index (χ0n) is 14.4. The summed E-state index contributed by atoms with van der Waals surface area (Å²) in [6.07, 6.45) is 0.676. The molecule has 4 rings (SSSR count).